The number of pyridine rings is 1. The van der Waals surface area contributed by atoms with E-state index in [9.17, 15) is 12.6 Å². The molecule has 1 saturated heterocycles. The molecule has 3 heterocycles. The molecule has 21 heavy (non-hydrogen) atoms. The summed E-state index contributed by atoms with van der Waals surface area (Å²) in [5.74, 6) is 0.368. The number of fused-ring (bicyclic) bond motifs is 1. The maximum Gasteiger partial charge on any atom is 0.245 e. The second-order valence-corrected chi connectivity index (χ2v) is 9.81. The summed E-state index contributed by atoms with van der Waals surface area (Å²) in [5, 5.41) is 0.585. The Hall–Kier alpha value is -1.25. The van der Waals surface area contributed by atoms with Crippen LogP contribution in [0.25, 0.3) is 11.0 Å². The zero-order valence-electron chi connectivity index (χ0n) is 11.9. The molecule has 3 rings (SSSR count). The smallest absolute Gasteiger partial charge is 0.245 e. The Kier molecular flexibility index (Phi) is 3.42. The molecule has 0 saturated carbocycles. The summed E-state index contributed by atoms with van der Waals surface area (Å²) < 4.78 is 38.5. The zero-order valence-corrected chi connectivity index (χ0v) is 13.5. The summed E-state index contributed by atoms with van der Waals surface area (Å²) in [5.41, 5.74) is 0.552. The number of hydrogen-bond acceptors (Lipinski definition) is 4. The van der Waals surface area contributed by atoms with Gasteiger partial charge in [0, 0.05) is 47.4 Å². The van der Waals surface area contributed by atoms with Gasteiger partial charge in [0.2, 0.25) is 10.0 Å². The van der Waals surface area contributed by atoms with Crippen molar-refractivity contribution < 1.29 is 12.6 Å². The molecule has 0 radical (unpaired) electrons. The summed E-state index contributed by atoms with van der Waals surface area (Å²) in [6, 6.07) is 3.45. The molecular formula is C13H17N3O3S2. The SMILES string of the molecule is CC1(C)CN(S(=O)(=O)c2c[nH]c3ncccc23)CC[S@@]1=O. The topological polar surface area (TPSA) is 83.1 Å². The van der Waals surface area contributed by atoms with E-state index in [1.165, 1.54) is 10.5 Å². The largest absolute Gasteiger partial charge is 0.345 e. The lowest BCUT2D eigenvalue weighted by Crippen LogP contribution is -2.51. The van der Waals surface area contributed by atoms with Crippen molar-refractivity contribution >= 4 is 31.9 Å². The van der Waals surface area contributed by atoms with Gasteiger partial charge in [-0.05, 0) is 26.0 Å². The number of aromatic amines is 1. The van der Waals surface area contributed by atoms with Gasteiger partial charge in [-0.25, -0.2) is 13.4 Å². The molecular weight excluding hydrogens is 310 g/mol. The standard InChI is InChI=1S/C13H17N3O3S2/c1-13(2)9-16(6-7-20(13)17)21(18,19)11-8-15-12-10(11)4-3-5-14-12/h3-5,8H,6-7,9H2,1-2H3,(H,14,15)/t20-/m0/s1. The highest BCUT2D eigenvalue weighted by atomic mass is 32.2. The van der Waals surface area contributed by atoms with Crippen LogP contribution in [-0.4, -0.2) is 50.5 Å². The van der Waals surface area contributed by atoms with Crippen LogP contribution in [-0.2, 0) is 20.8 Å². The van der Waals surface area contributed by atoms with Crippen LogP contribution in [0.3, 0.4) is 0 Å². The van der Waals surface area contributed by atoms with Crippen molar-refractivity contribution in [1.29, 1.82) is 0 Å². The molecule has 2 aromatic heterocycles. The molecule has 0 aliphatic carbocycles. The average molecular weight is 327 g/mol. The highest BCUT2D eigenvalue weighted by molar-refractivity contribution is 7.90. The van der Waals surface area contributed by atoms with E-state index in [4.69, 9.17) is 0 Å². The Bertz CT molecular complexity index is 811. The van der Waals surface area contributed by atoms with Crippen LogP contribution in [0.2, 0.25) is 0 Å². The Balaban J connectivity index is 2.03. The number of hydrogen-bond donors (Lipinski definition) is 1. The van der Waals surface area contributed by atoms with Crippen molar-refractivity contribution in [3.05, 3.63) is 24.5 Å². The number of nitrogens with one attached hydrogen (secondary N) is 1. The fraction of sp³-hybridized carbons (Fsp3) is 0.462. The lowest BCUT2D eigenvalue weighted by atomic mass is 10.2. The van der Waals surface area contributed by atoms with Gasteiger partial charge < -0.3 is 4.98 Å². The summed E-state index contributed by atoms with van der Waals surface area (Å²) >= 11 is 0. The van der Waals surface area contributed by atoms with Crippen LogP contribution in [0.5, 0.6) is 0 Å². The molecule has 0 bridgehead atoms. The molecule has 0 unspecified atom stereocenters. The molecule has 1 aliphatic rings. The highest BCUT2D eigenvalue weighted by Crippen LogP contribution is 2.29. The normalized spacial score (nSPS) is 23.4. The predicted molar refractivity (Wildman–Crippen MR) is 81.9 cm³/mol. The lowest BCUT2D eigenvalue weighted by Gasteiger charge is -2.36. The van der Waals surface area contributed by atoms with Gasteiger partial charge in [0.1, 0.15) is 10.5 Å². The summed E-state index contributed by atoms with van der Waals surface area (Å²) in [6.07, 6.45) is 3.09. The van der Waals surface area contributed by atoms with E-state index in [1.807, 2.05) is 13.8 Å². The lowest BCUT2D eigenvalue weighted by molar-refractivity contribution is 0.379. The van der Waals surface area contributed by atoms with Crippen LogP contribution >= 0.6 is 0 Å². The first kappa shape index (κ1) is 14.7. The van der Waals surface area contributed by atoms with E-state index in [-0.39, 0.29) is 18.0 Å². The van der Waals surface area contributed by atoms with E-state index < -0.39 is 25.6 Å². The minimum atomic E-state index is -3.61. The molecule has 0 spiro atoms. The number of nitrogens with zero attached hydrogens (tertiary/aromatic N) is 2. The molecule has 114 valence electrons. The molecule has 1 aliphatic heterocycles. The second-order valence-electron chi connectivity index (χ2n) is 5.70. The van der Waals surface area contributed by atoms with Gasteiger partial charge in [-0.1, -0.05) is 0 Å². The second kappa shape index (κ2) is 4.89. The molecule has 8 heteroatoms. The van der Waals surface area contributed by atoms with Gasteiger partial charge in [0.05, 0.1) is 4.75 Å². The zero-order chi connectivity index (χ0) is 15.3. The number of aromatic nitrogens is 2. The third kappa shape index (κ3) is 2.41. The first-order chi connectivity index (χ1) is 9.82. The summed E-state index contributed by atoms with van der Waals surface area (Å²) in [4.78, 5) is 7.23. The first-order valence-electron chi connectivity index (χ1n) is 6.63. The molecule has 0 amide bonds. The predicted octanol–water partition coefficient (Wildman–Crippen LogP) is 1.09. The van der Waals surface area contributed by atoms with E-state index in [0.29, 0.717) is 16.8 Å². The Morgan fingerprint density at radius 3 is 2.90 bits per heavy atom. The minimum Gasteiger partial charge on any atom is -0.345 e. The van der Waals surface area contributed by atoms with Crippen molar-refractivity contribution in [3.63, 3.8) is 0 Å². The third-order valence-corrected chi connectivity index (χ3v) is 7.53. The third-order valence-electron chi connectivity index (χ3n) is 3.73. The van der Waals surface area contributed by atoms with Crippen LogP contribution in [0.4, 0.5) is 0 Å². The number of sulfonamides is 1. The molecule has 6 nitrogen and oxygen atoms in total. The Morgan fingerprint density at radius 2 is 2.19 bits per heavy atom. The average Bonchev–Trinajstić information content (AvgIpc) is 2.86. The molecule has 2 aromatic rings. The maximum atomic E-state index is 12.8. The Morgan fingerprint density at radius 1 is 1.43 bits per heavy atom. The highest BCUT2D eigenvalue weighted by Gasteiger charge is 2.39. The van der Waals surface area contributed by atoms with Crippen LogP contribution < -0.4 is 0 Å². The quantitative estimate of drug-likeness (QED) is 0.895. The van der Waals surface area contributed by atoms with E-state index in [0.717, 1.165) is 0 Å². The number of H-pyrrole nitrogens is 1. The maximum absolute atomic E-state index is 12.8. The molecule has 1 atom stereocenters. The van der Waals surface area contributed by atoms with Gasteiger partial charge in [0.15, 0.2) is 0 Å². The monoisotopic (exact) mass is 327 g/mol. The fourth-order valence-corrected chi connectivity index (χ4v) is 5.71. The van der Waals surface area contributed by atoms with Gasteiger partial charge in [-0.2, -0.15) is 4.31 Å². The molecule has 1 fully saturated rings. The summed E-state index contributed by atoms with van der Waals surface area (Å²) in [6.45, 7) is 4.21. The van der Waals surface area contributed by atoms with E-state index in [1.54, 1.807) is 18.3 Å². The summed E-state index contributed by atoms with van der Waals surface area (Å²) in [7, 11) is -4.62. The van der Waals surface area contributed by atoms with Crippen molar-refractivity contribution in [2.45, 2.75) is 23.5 Å². The van der Waals surface area contributed by atoms with E-state index in [2.05, 4.69) is 9.97 Å². The van der Waals surface area contributed by atoms with Gasteiger partial charge in [-0.3, -0.25) is 4.21 Å². The minimum absolute atomic E-state index is 0.231. The van der Waals surface area contributed by atoms with Crippen LogP contribution in [0, 0.1) is 0 Å². The van der Waals surface area contributed by atoms with Crippen molar-refractivity contribution in [2.24, 2.45) is 0 Å². The van der Waals surface area contributed by atoms with Gasteiger partial charge >= 0.3 is 0 Å². The van der Waals surface area contributed by atoms with Crippen molar-refractivity contribution in [3.8, 4) is 0 Å². The van der Waals surface area contributed by atoms with Crippen molar-refractivity contribution in [2.75, 3.05) is 18.8 Å². The van der Waals surface area contributed by atoms with Gasteiger partial charge in [-0.15, -0.1) is 0 Å². The fourth-order valence-electron chi connectivity index (χ4n) is 2.53. The van der Waals surface area contributed by atoms with E-state index >= 15 is 0 Å². The molecule has 1 N–H and O–H groups in total. The van der Waals surface area contributed by atoms with Crippen LogP contribution in [0.15, 0.2) is 29.4 Å². The Labute approximate surface area is 126 Å². The van der Waals surface area contributed by atoms with Crippen molar-refractivity contribution in [1.82, 2.24) is 14.3 Å². The van der Waals surface area contributed by atoms with Gasteiger partial charge in [0.25, 0.3) is 0 Å². The number of rotatable bonds is 2. The van der Waals surface area contributed by atoms with Crippen LogP contribution in [0.1, 0.15) is 13.8 Å². The first-order valence-corrected chi connectivity index (χ1v) is 9.39. The molecule has 0 aromatic carbocycles.